The Hall–Kier alpha value is -5.17. The van der Waals surface area contributed by atoms with Crippen LogP contribution in [0.3, 0.4) is 0 Å². The number of methoxy groups -OCH3 is 1. The molecule has 4 aromatic carbocycles. The Balaban J connectivity index is 1.37. The zero-order chi connectivity index (χ0) is 33.6. The largest absolute Gasteiger partial charge is 0.497 e. The highest BCUT2D eigenvalue weighted by Crippen LogP contribution is 2.42. The number of nitrogens with zero attached hydrogens (tertiary/aromatic N) is 1. The van der Waals surface area contributed by atoms with Gasteiger partial charge in [-0.3, -0.25) is 14.4 Å². The van der Waals surface area contributed by atoms with E-state index in [9.17, 15) is 14.4 Å². The number of benzene rings is 4. The number of ether oxygens (including phenoxy) is 1. The van der Waals surface area contributed by atoms with Gasteiger partial charge in [-0.15, -0.1) is 6.58 Å². The lowest BCUT2D eigenvalue weighted by Gasteiger charge is -2.30. The van der Waals surface area contributed by atoms with Gasteiger partial charge in [0.15, 0.2) is 0 Å². The van der Waals surface area contributed by atoms with E-state index in [1.54, 1.807) is 18.1 Å². The van der Waals surface area contributed by atoms with Gasteiger partial charge in [0.2, 0.25) is 11.8 Å². The van der Waals surface area contributed by atoms with E-state index in [-0.39, 0.29) is 11.8 Å². The van der Waals surface area contributed by atoms with Gasteiger partial charge in [-0.1, -0.05) is 105 Å². The number of anilines is 1. The van der Waals surface area contributed by atoms with E-state index >= 15 is 0 Å². The Morgan fingerprint density at radius 3 is 2.33 bits per heavy atom. The molecule has 4 aromatic rings. The van der Waals surface area contributed by atoms with Gasteiger partial charge < -0.3 is 20.7 Å². The van der Waals surface area contributed by atoms with Crippen LogP contribution >= 0.6 is 0 Å². The third-order valence-electron chi connectivity index (χ3n) is 9.92. The first-order valence-corrected chi connectivity index (χ1v) is 16.8. The summed E-state index contributed by atoms with van der Waals surface area (Å²) in [5, 5.41) is 3.15. The van der Waals surface area contributed by atoms with Gasteiger partial charge in [0, 0.05) is 5.56 Å². The predicted molar refractivity (Wildman–Crippen MR) is 190 cm³/mol. The number of rotatable bonds is 12. The summed E-state index contributed by atoms with van der Waals surface area (Å²) >= 11 is 0. The SMILES string of the molecule is C=CC[C@H](C(N)=O)[C@@H](CC1CCCC1)C(=O)NC1C(=O)N(Cc2cccc(-c3ccc(OC)cc3)c2)c2ccccc2-c2ccccc21. The molecular weight excluding hydrogens is 598 g/mol. The van der Waals surface area contributed by atoms with Gasteiger partial charge in [-0.05, 0) is 70.8 Å². The van der Waals surface area contributed by atoms with Crippen molar-refractivity contribution in [2.75, 3.05) is 12.0 Å². The fourth-order valence-electron chi connectivity index (χ4n) is 7.42. The summed E-state index contributed by atoms with van der Waals surface area (Å²) in [5.74, 6) is -1.33. The van der Waals surface area contributed by atoms with Gasteiger partial charge in [0.05, 0.1) is 31.2 Å². The molecule has 6 rings (SSSR count). The Kier molecular flexibility index (Phi) is 10.0. The lowest BCUT2D eigenvalue weighted by molar-refractivity contribution is -0.136. The zero-order valence-electron chi connectivity index (χ0n) is 27.4. The van der Waals surface area contributed by atoms with Crippen LogP contribution in [0.25, 0.3) is 22.3 Å². The highest BCUT2D eigenvalue weighted by atomic mass is 16.5. The van der Waals surface area contributed by atoms with Crippen molar-refractivity contribution < 1.29 is 19.1 Å². The van der Waals surface area contributed by atoms with E-state index < -0.39 is 23.8 Å². The van der Waals surface area contributed by atoms with E-state index in [2.05, 4.69) is 18.0 Å². The summed E-state index contributed by atoms with van der Waals surface area (Å²) in [6, 6.07) is 30.7. The topological polar surface area (TPSA) is 102 Å². The molecule has 246 valence electrons. The lowest BCUT2D eigenvalue weighted by atomic mass is 9.80. The van der Waals surface area contributed by atoms with E-state index in [0.717, 1.165) is 70.5 Å². The minimum Gasteiger partial charge on any atom is -0.497 e. The molecule has 0 aromatic heterocycles. The highest BCUT2D eigenvalue weighted by Gasteiger charge is 2.39. The molecule has 3 atom stereocenters. The molecular formula is C41H43N3O4. The molecule has 1 heterocycles. The number of hydrogen-bond donors (Lipinski definition) is 2. The normalized spacial score (nSPS) is 17.1. The summed E-state index contributed by atoms with van der Waals surface area (Å²) in [7, 11) is 1.65. The average molecular weight is 642 g/mol. The molecule has 3 N–H and O–H groups in total. The number of fused-ring (bicyclic) bond motifs is 3. The lowest BCUT2D eigenvalue weighted by Crippen LogP contribution is -2.47. The summed E-state index contributed by atoms with van der Waals surface area (Å²) in [6.45, 7) is 4.12. The summed E-state index contributed by atoms with van der Waals surface area (Å²) < 4.78 is 5.33. The first-order chi connectivity index (χ1) is 23.4. The molecule has 0 spiro atoms. The zero-order valence-corrected chi connectivity index (χ0v) is 27.4. The van der Waals surface area contributed by atoms with Crippen LogP contribution in [0, 0.1) is 17.8 Å². The van der Waals surface area contributed by atoms with E-state index in [1.807, 2.05) is 91.0 Å². The van der Waals surface area contributed by atoms with Gasteiger partial charge >= 0.3 is 0 Å². The van der Waals surface area contributed by atoms with E-state index in [4.69, 9.17) is 10.5 Å². The number of carbonyl (C=O) groups is 3. The quantitative estimate of drug-likeness (QED) is 0.156. The van der Waals surface area contributed by atoms with Gasteiger partial charge in [0.25, 0.3) is 5.91 Å². The van der Waals surface area contributed by atoms with Gasteiger partial charge in [0.1, 0.15) is 11.8 Å². The second-order valence-corrected chi connectivity index (χ2v) is 12.9. The van der Waals surface area contributed by atoms with Crippen molar-refractivity contribution >= 4 is 23.4 Å². The molecule has 1 fully saturated rings. The first-order valence-electron chi connectivity index (χ1n) is 16.8. The summed E-state index contributed by atoms with van der Waals surface area (Å²) in [5.41, 5.74) is 12.2. The third-order valence-corrected chi connectivity index (χ3v) is 9.92. The monoisotopic (exact) mass is 641 g/mol. The van der Waals surface area contributed by atoms with Gasteiger partial charge in [-0.2, -0.15) is 0 Å². The Morgan fingerprint density at radius 2 is 1.62 bits per heavy atom. The first kappa shape index (κ1) is 32.8. The number of carbonyl (C=O) groups excluding carboxylic acids is 3. The van der Waals surface area contributed by atoms with Crippen LogP contribution in [0.1, 0.15) is 55.7 Å². The van der Waals surface area contributed by atoms with Crippen molar-refractivity contribution in [3.63, 3.8) is 0 Å². The highest BCUT2D eigenvalue weighted by molar-refractivity contribution is 6.06. The number of nitrogens with two attached hydrogens (primary N) is 1. The maximum atomic E-state index is 14.8. The number of nitrogens with one attached hydrogen (secondary N) is 1. The van der Waals surface area contributed by atoms with Crippen molar-refractivity contribution in [3.8, 4) is 28.0 Å². The standard InChI is InChI=1S/C41H43N3O4/c1-3-11-35(39(42)45)36(25-27-12-4-5-13-27)40(46)43-38-34-18-7-6-16-32(34)33-17-8-9-19-37(33)44(41(38)47)26-28-14-10-15-30(24-28)29-20-22-31(48-2)23-21-29/h3,6-10,14-24,27,35-36,38H,1,4-5,11-13,25-26H2,2H3,(H2,42,45)(H,43,46)/t35-,36+,38?/m0/s1. The summed E-state index contributed by atoms with van der Waals surface area (Å²) in [6.07, 6.45) is 6.77. The molecule has 1 saturated carbocycles. The Morgan fingerprint density at radius 1 is 0.917 bits per heavy atom. The third kappa shape index (κ3) is 6.91. The summed E-state index contributed by atoms with van der Waals surface area (Å²) in [4.78, 5) is 43.6. The maximum absolute atomic E-state index is 14.8. The fourth-order valence-corrected chi connectivity index (χ4v) is 7.42. The molecule has 1 aliphatic heterocycles. The van der Waals surface area contributed by atoms with E-state index in [1.165, 1.54) is 0 Å². The molecule has 1 aliphatic carbocycles. The molecule has 0 saturated heterocycles. The molecule has 3 amide bonds. The number of para-hydroxylation sites is 1. The number of hydrogen-bond acceptors (Lipinski definition) is 4. The number of allylic oxidation sites excluding steroid dienone is 1. The molecule has 7 heteroatoms. The second kappa shape index (κ2) is 14.7. The maximum Gasteiger partial charge on any atom is 0.254 e. The van der Waals surface area contributed by atoms with Crippen LogP contribution < -0.4 is 20.7 Å². The molecule has 48 heavy (non-hydrogen) atoms. The van der Waals surface area contributed by atoms with Crippen LogP contribution in [0.4, 0.5) is 5.69 Å². The van der Waals surface area contributed by atoms with Crippen LogP contribution in [0.5, 0.6) is 5.75 Å². The van der Waals surface area contributed by atoms with Crippen molar-refractivity contribution in [2.45, 2.75) is 51.1 Å². The number of amides is 3. The Bertz CT molecular complexity index is 1790. The fraction of sp³-hybridized carbons (Fsp3) is 0.293. The Labute approximate surface area is 282 Å². The minimum absolute atomic E-state index is 0.241. The second-order valence-electron chi connectivity index (χ2n) is 12.9. The molecule has 0 bridgehead atoms. The van der Waals surface area contributed by atoms with Crippen LogP contribution in [-0.4, -0.2) is 24.8 Å². The smallest absolute Gasteiger partial charge is 0.254 e. The van der Waals surface area contributed by atoms with Crippen molar-refractivity contribution in [2.24, 2.45) is 23.5 Å². The molecule has 1 unspecified atom stereocenters. The minimum atomic E-state index is -0.964. The predicted octanol–water partition coefficient (Wildman–Crippen LogP) is 7.61. The van der Waals surface area contributed by atoms with Gasteiger partial charge in [-0.25, -0.2) is 0 Å². The van der Waals surface area contributed by atoms with Crippen LogP contribution in [0.15, 0.2) is 110 Å². The molecule has 7 nitrogen and oxygen atoms in total. The van der Waals surface area contributed by atoms with Crippen LogP contribution in [-0.2, 0) is 20.9 Å². The van der Waals surface area contributed by atoms with E-state index in [0.29, 0.717) is 25.3 Å². The average Bonchev–Trinajstić information content (AvgIpc) is 3.61. The molecule has 2 aliphatic rings. The molecule has 0 radical (unpaired) electrons. The van der Waals surface area contributed by atoms with Crippen LogP contribution in [0.2, 0.25) is 0 Å². The van der Waals surface area contributed by atoms with Crippen molar-refractivity contribution in [3.05, 3.63) is 121 Å². The van der Waals surface area contributed by atoms with Crippen molar-refractivity contribution in [1.82, 2.24) is 5.32 Å². The number of primary amides is 1. The van der Waals surface area contributed by atoms with Crippen molar-refractivity contribution in [1.29, 1.82) is 0 Å².